The highest BCUT2D eigenvalue weighted by atomic mass is 16.5. The van der Waals surface area contributed by atoms with E-state index in [1.807, 2.05) is 13.0 Å². The average molecular weight is 385 g/mol. The van der Waals surface area contributed by atoms with E-state index in [1.54, 1.807) is 6.07 Å². The van der Waals surface area contributed by atoms with Crippen LogP contribution in [0.3, 0.4) is 0 Å². The number of carbonyl (C=O) groups is 1. The van der Waals surface area contributed by atoms with Gasteiger partial charge in [0, 0.05) is 30.7 Å². The third kappa shape index (κ3) is 3.08. The summed E-state index contributed by atoms with van der Waals surface area (Å²) < 4.78 is 8.40. The number of nitrogens with zero attached hydrogens (tertiary/aromatic N) is 1. The van der Waals surface area contributed by atoms with Crippen molar-refractivity contribution < 1.29 is 24.3 Å². The number of phenols is 1. The molecule has 2 bridgehead atoms. The minimum Gasteiger partial charge on any atom is -0.504 e. The average Bonchev–Trinajstić information content (AvgIpc) is 3.37. The summed E-state index contributed by atoms with van der Waals surface area (Å²) in [4.78, 5) is 12.6. The lowest BCUT2D eigenvalue weighted by Crippen LogP contribution is -2.48. The molecule has 28 heavy (non-hydrogen) atoms. The highest BCUT2D eigenvalue weighted by Crippen LogP contribution is 2.47. The first-order valence-electron chi connectivity index (χ1n) is 10.5. The second-order valence-corrected chi connectivity index (χ2v) is 9.17. The Kier molecular flexibility index (Phi) is 4.16. The molecular weight excluding hydrogens is 356 g/mol. The number of hydrogen-bond acceptors (Lipinski definition) is 4. The number of nitrogens with one attached hydrogen (secondary N) is 1. The SMILES string of the molecule is CC1(O)CCC(=O)NC2Oc3c(O)ccc4c3C2CC=[N+](CC2CC2)C1CC4. The van der Waals surface area contributed by atoms with Gasteiger partial charge in [0.05, 0.1) is 5.92 Å². The number of aliphatic hydroxyl groups is 1. The van der Waals surface area contributed by atoms with Crippen LogP contribution in [0, 0.1) is 5.92 Å². The monoisotopic (exact) mass is 385 g/mol. The zero-order valence-corrected chi connectivity index (χ0v) is 16.4. The summed E-state index contributed by atoms with van der Waals surface area (Å²) in [6.07, 6.45) is 7.30. The fourth-order valence-electron chi connectivity index (χ4n) is 5.18. The highest BCUT2D eigenvalue weighted by molar-refractivity contribution is 5.77. The standard InChI is InChI=1S/C22H28N2O4/c1-22(27)10-8-18(26)23-21-15-9-11-24(12-13-2-3-13)17(22)7-5-14-4-6-16(25)20(28-21)19(14)15/h4,6,11,13,15,17,21,27H,2-3,5,7-10,12H2,1H3,(H-,23,25,26)/p+1. The molecule has 3 heterocycles. The fourth-order valence-corrected chi connectivity index (χ4v) is 5.18. The Labute approximate surface area is 165 Å². The molecule has 6 nitrogen and oxygen atoms in total. The Hall–Kier alpha value is -2.08. The first-order chi connectivity index (χ1) is 13.4. The van der Waals surface area contributed by atoms with Gasteiger partial charge in [-0.3, -0.25) is 4.79 Å². The van der Waals surface area contributed by atoms with Gasteiger partial charge in [-0.15, -0.1) is 0 Å². The highest BCUT2D eigenvalue weighted by Gasteiger charge is 2.46. The molecule has 0 saturated heterocycles. The zero-order chi connectivity index (χ0) is 19.5. The number of hydrogen-bond donors (Lipinski definition) is 3. The summed E-state index contributed by atoms with van der Waals surface area (Å²) in [5.41, 5.74) is 1.23. The van der Waals surface area contributed by atoms with Crippen LogP contribution >= 0.6 is 0 Å². The second kappa shape index (κ2) is 6.48. The number of aryl methyl sites for hydroxylation is 1. The minimum absolute atomic E-state index is 0.0236. The van der Waals surface area contributed by atoms with E-state index in [1.165, 1.54) is 12.8 Å². The lowest BCUT2D eigenvalue weighted by atomic mass is 9.84. The van der Waals surface area contributed by atoms with Gasteiger partial charge in [-0.05, 0) is 44.2 Å². The predicted octanol–water partition coefficient (Wildman–Crippen LogP) is 2.05. The molecule has 5 rings (SSSR count). The molecule has 4 aliphatic rings. The van der Waals surface area contributed by atoms with E-state index < -0.39 is 11.8 Å². The molecule has 1 aromatic rings. The maximum Gasteiger partial charge on any atom is 0.222 e. The van der Waals surface area contributed by atoms with Crippen LogP contribution in [0.2, 0.25) is 0 Å². The molecule has 0 spiro atoms. The zero-order valence-electron chi connectivity index (χ0n) is 16.4. The Morgan fingerprint density at radius 2 is 2.11 bits per heavy atom. The number of benzene rings is 1. The summed E-state index contributed by atoms with van der Waals surface area (Å²) in [6.45, 7) is 2.84. The Morgan fingerprint density at radius 1 is 1.29 bits per heavy atom. The van der Waals surface area contributed by atoms with E-state index in [2.05, 4.69) is 16.1 Å². The molecule has 1 aliphatic carbocycles. The Morgan fingerprint density at radius 3 is 2.89 bits per heavy atom. The largest absolute Gasteiger partial charge is 0.504 e. The van der Waals surface area contributed by atoms with Crippen molar-refractivity contribution in [3.8, 4) is 11.5 Å². The van der Waals surface area contributed by atoms with Crippen molar-refractivity contribution in [3.05, 3.63) is 23.3 Å². The molecule has 3 aliphatic heterocycles. The number of rotatable bonds is 2. The Bertz CT molecular complexity index is 843. The molecule has 0 aromatic heterocycles. The molecule has 4 atom stereocenters. The van der Waals surface area contributed by atoms with Crippen molar-refractivity contribution in [3.63, 3.8) is 0 Å². The summed E-state index contributed by atoms with van der Waals surface area (Å²) in [5.74, 6) is 1.22. The van der Waals surface area contributed by atoms with E-state index in [0.717, 1.165) is 30.5 Å². The van der Waals surface area contributed by atoms with Crippen LogP contribution in [0.1, 0.15) is 62.5 Å². The van der Waals surface area contributed by atoms with Crippen molar-refractivity contribution >= 4 is 12.1 Å². The smallest absolute Gasteiger partial charge is 0.222 e. The molecule has 1 amide bonds. The van der Waals surface area contributed by atoms with Crippen molar-refractivity contribution in [1.82, 2.24) is 5.32 Å². The molecule has 0 radical (unpaired) electrons. The molecule has 4 unspecified atom stereocenters. The molecule has 150 valence electrons. The van der Waals surface area contributed by atoms with Crippen LogP contribution in [-0.4, -0.2) is 51.3 Å². The fraction of sp³-hybridized carbons (Fsp3) is 0.636. The first kappa shape index (κ1) is 18.0. The van der Waals surface area contributed by atoms with Gasteiger partial charge in [0.1, 0.15) is 18.4 Å². The summed E-state index contributed by atoms with van der Waals surface area (Å²) >= 11 is 0. The molecule has 1 aromatic carbocycles. The van der Waals surface area contributed by atoms with Crippen LogP contribution in [0.4, 0.5) is 0 Å². The van der Waals surface area contributed by atoms with Gasteiger partial charge in [0.15, 0.2) is 23.8 Å². The van der Waals surface area contributed by atoms with E-state index >= 15 is 0 Å². The normalized spacial score (nSPS) is 34.6. The maximum atomic E-state index is 12.6. The summed E-state index contributed by atoms with van der Waals surface area (Å²) in [7, 11) is 0. The lowest BCUT2D eigenvalue weighted by molar-refractivity contribution is -0.586. The van der Waals surface area contributed by atoms with E-state index in [0.29, 0.717) is 24.5 Å². The molecule has 3 N–H and O–H groups in total. The summed E-state index contributed by atoms with van der Waals surface area (Å²) in [5, 5.41) is 24.7. The molecule has 6 heteroatoms. The first-order valence-corrected chi connectivity index (χ1v) is 10.5. The minimum atomic E-state index is -0.947. The van der Waals surface area contributed by atoms with Gasteiger partial charge in [-0.2, -0.15) is 0 Å². The van der Waals surface area contributed by atoms with Gasteiger partial charge < -0.3 is 20.3 Å². The van der Waals surface area contributed by atoms with Crippen LogP contribution in [0.25, 0.3) is 0 Å². The van der Waals surface area contributed by atoms with Crippen LogP contribution in [-0.2, 0) is 11.2 Å². The van der Waals surface area contributed by atoms with E-state index in [9.17, 15) is 15.0 Å². The van der Waals surface area contributed by atoms with Gasteiger partial charge in [-0.1, -0.05) is 6.07 Å². The number of aromatic hydroxyl groups is 1. The number of phenolic OH excluding ortho intramolecular Hbond substituents is 1. The van der Waals surface area contributed by atoms with Crippen LogP contribution in [0.15, 0.2) is 12.1 Å². The third-order valence-corrected chi connectivity index (χ3v) is 6.97. The van der Waals surface area contributed by atoms with Crippen LogP contribution < -0.4 is 10.1 Å². The second-order valence-electron chi connectivity index (χ2n) is 9.17. The predicted molar refractivity (Wildman–Crippen MR) is 104 cm³/mol. The van der Waals surface area contributed by atoms with E-state index in [4.69, 9.17) is 4.74 Å². The molecule has 1 fully saturated rings. The van der Waals surface area contributed by atoms with Gasteiger partial charge in [0.2, 0.25) is 5.91 Å². The number of amides is 1. The maximum absolute atomic E-state index is 12.6. The van der Waals surface area contributed by atoms with Crippen molar-refractivity contribution in [2.75, 3.05) is 6.54 Å². The van der Waals surface area contributed by atoms with Gasteiger partial charge in [0.25, 0.3) is 0 Å². The quantitative estimate of drug-likeness (QED) is 0.681. The number of fused-ring (bicyclic) bond motifs is 2. The third-order valence-electron chi connectivity index (χ3n) is 6.97. The topological polar surface area (TPSA) is 81.8 Å². The number of ether oxygens (including phenoxy) is 1. The van der Waals surface area contributed by atoms with Gasteiger partial charge >= 0.3 is 0 Å². The van der Waals surface area contributed by atoms with Crippen molar-refractivity contribution in [2.24, 2.45) is 5.92 Å². The molecule has 1 saturated carbocycles. The Balaban J connectivity index is 1.64. The molecular formula is C22H29N2O4+. The summed E-state index contributed by atoms with van der Waals surface area (Å²) in [6, 6.07) is 3.64. The lowest BCUT2D eigenvalue weighted by Gasteiger charge is -2.31. The van der Waals surface area contributed by atoms with E-state index in [-0.39, 0.29) is 30.0 Å². The van der Waals surface area contributed by atoms with Crippen molar-refractivity contribution in [1.29, 1.82) is 0 Å². The number of carbonyl (C=O) groups excluding carboxylic acids is 1. The van der Waals surface area contributed by atoms with Crippen molar-refractivity contribution in [2.45, 2.75) is 75.7 Å². The van der Waals surface area contributed by atoms with Crippen LogP contribution in [0.5, 0.6) is 11.5 Å². The van der Waals surface area contributed by atoms with Gasteiger partial charge in [-0.25, -0.2) is 4.58 Å².